The van der Waals surface area contributed by atoms with Gasteiger partial charge in [0, 0.05) is 31.7 Å². The number of nitriles is 1. The predicted octanol–water partition coefficient (Wildman–Crippen LogP) is -0.961. The summed E-state index contributed by atoms with van der Waals surface area (Å²) in [5.74, 6) is -1.28. The van der Waals surface area contributed by atoms with E-state index in [-0.39, 0.29) is 31.4 Å². The number of sulfonamides is 1. The van der Waals surface area contributed by atoms with Gasteiger partial charge in [-0.2, -0.15) is 9.57 Å². The number of rotatable bonds is 4. The zero-order valence-electron chi connectivity index (χ0n) is 16.5. The minimum atomic E-state index is -3.70. The highest BCUT2D eigenvalue weighted by Gasteiger charge is 2.40. The van der Waals surface area contributed by atoms with Gasteiger partial charge in [0.05, 0.1) is 17.9 Å². The van der Waals surface area contributed by atoms with Gasteiger partial charge in [-0.25, -0.2) is 8.42 Å². The lowest BCUT2D eigenvalue weighted by Crippen LogP contribution is -2.63. The van der Waals surface area contributed by atoms with Crippen molar-refractivity contribution in [2.45, 2.75) is 24.9 Å². The molecule has 11 heteroatoms. The summed E-state index contributed by atoms with van der Waals surface area (Å²) in [6, 6.07) is 6.19. The second-order valence-corrected chi connectivity index (χ2v) is 9.26. The molecular weight excluding hydrogens is 410 g/mol. The van der Waals surface area contributed by atoms with Crippen molar-refractivity contribution < 1.29 is 22.8 Å². The van der Waals surface area contributed by atoms with Crippen LogP contribution >= 0.6 is 0 Å². The molecule has 3 rings (SSSR count). The minimum Gasteiger partial charge on any atom is -0.354 e. The first kappa shape index (κ1) is 21.7. The van der Waals surface area contributed by atoms with Crippen molar-refractivity contribution in [2.24, 2.45) is 0 Å². The standard InChI is InChI=1S/C19H23N5O5S/c1-30(28,29)24-10-9-23(19(27)14-6-4-13(11-20)5-7-14)12-16(24)18(26)22-15-3-2-8-21-17(15)25/h4-7,15-16H,2-3,8-10,12H2,1H3,(H,21,25)(H,22,26)/t15-,16-/m0/s1. The summed E-state index contributed by atoms with van der Waals surface area (Å²) >= 11 is 0. The SMILES string of the molecule is CS(=O)(=O)N1CCN(C(=O)c2ccc(C#N)cc2)C[C@H]1C(=O)N[C@H]1CCCNC1=O. The van der Waals surface area contributed by atoms with Crippen LogP contribution in [-0.2, 0) is 19.6 Å². The molecule has 2 aliphatic heterocycles. The van der Waals surface area contributed by atoms with Gasteiger partial charge in [0.25, 0.3) is 5.91 Å². The summed E-state index contributed by atoms with van der Waals surface area (Å²) in [7, 11) is -3.70. The van der Waals surface area contributed by atoms with E-state index in [0.29, 0.717) is 30.5 Å². The zero-order valence-corrected chi connectivity index (χ0v) is 17.3. The molecule has 0 bridgehead atoms. The summed E-state index contributed by atoms with van der Waals surface area (Å²) in [5, 5.41) is 14.2. The first-order valence-corrected chi connectivity index (χ1v) is 11.4. The zero-order chi connectivity index (χ0) is 21.9. The fourth-order valence-electron chi connectivity index (χ4n) is 3.61. The number of hydrogen-bond donors (Lipinski definition) is 2. The molecule has 1 aromatic rings. The quantitative estimate of drug-likeness (QED) is 0.627. The number of carbonyl (C=O) groups is 3. The van der Waals surface area contributed by atoms with E-state index >= 15 is 0 Å². The third-order valence-corrected chi connectivity index (χ3v) is 6.50. The van der Waals surface area contributed by atoms with Gasteiger partial charge in [-0.3, -0.25) is 14.4 Å². The van der Waals surface area contributed by atoms with Crippen molar-refractivity contribution in [2.75, 3.05) is 32.4 Å². The van der Waals surface area contributed by atoms with Crippen LogP contribution in [0.15, 0.2) is 24.3 Å². The molecule has 2 N–H and O–H groups in total. The lowest BCUT2D eigenvalue weighted by atomic mass is 10.1. The van der Waals surface area contributed by atoms with Crippen LogP contribution in [0, 0.1) is 11.3 Å². The van der Waals surface area contributed by atoms with E-state index in [2.05, 4.69) is 10.6 Å². The fourth-order valence-corrected chi connectivity index (χ4v) is 4.65. The molecule has 160 valence electrons. The Hall–Kier alpha value is -2.97. The van der Waals surface area contributed by atoms with Crippen molar-refractivity contribution in [3.8, 4) is 6.07 Å². The highest BCUT2D eigenvalue weighted by atomic mass is 32.2. The van der Waals surface area contributed by atoms with Crippen LogP contribution in [0.1, 0.15) is 28.8 Å². The molecule has 0 aromatic heterocycles. The summed E-state index contributed by atoms with van der Waals surface area (Å²) in [6.07, 6.45) is 2.19. The Balaban J connectivity index is 1.78. The van der Waals surface area contributed by atoms with Gasteiger partial charge in [0.1, 0.15) is 12.1 Å². The van der Waals surface area contributed by atoms with Gasteiger partial charge in [0.2, 0.25) is 21.8 Å². The summed E-state index contributed by atoms with van der Waals surface area (Å²) in [4.78, 5) is 39.1. The molecule has 3 amide bonds. The van der Waals surface area contributed by atoms with E-state index in [9.17, 15) is 22.8 Å². The van der Waals surface area contributed by atoms with Crippen molar-refractivity contribution in [3.63, 3.8) is 0 Å². The molecule has 30 heavy (non-hydrogen) atoms. The molecule has 10 nitrogen and oxygen atoms in total. The number of amides is 3. The normalized spacial score (nSPS) is 22.7. The summed E-state index contributed by atoms with van der Waals surface area (Å²) in [6.45, 7) is 0.498. The van der Waals surface area contributed by atoms with Crippen molar-refractivity contribution >= 4 is 27.7 Å². The molecule has 0 unspecified atom stereocenters. The Labute approximate surface area is 174 Å². The van der Waals surface area contributed by atoms with Crippen LogP contribution in [0.5, 0.6) is 0 Å². The van der Waals surface area contributed by atoms with Crippen LogP contribution in [-0.4, -0.2) is 79.9 Å². The van der Waals surface area contributed by atoms with Crippen molar-refractivity contribution in [1.82, 2.24) is 19.8 Å². The molecule has 2 saturated heterocycles. The third kappa shape index (κ3) is 4.77. The van der Waals surface area contributed by atoms with Gasteiger partial charge in [-0.1, -0.05) is 0 Å². The number of carbonyl (C=O) groups excluding carboxylic acids is 3. The Kier molecular flexibility index (Phi) is 6.38. The number of piperidine rings is 1. The first-order chi connectivity index (χ1) is 14.2. The van der Waals surface area contributed by atoms with Crippen LogP contribution in [0.2, 0.25) is 0 Å². The molecule has 1 aromatic carbocycles. The second kappa shape index (κ2) is 8.81. The van der Waals surface area contributed by atoms with E-state index in [0.717, 1.165) is 10.6 Å². The first-order valence-electron chi connectivity index (χ1n) is 9.55. The third-order valence-electron chi connectivity index (χ3n) is 5.21. The van der Waals surface area contributed by atoms with Crippen molar-refractivity contribution in [3.05, 3.63) is 35.4 Å². The average molecular weight is 433 g/mol. The minimum absolute atomic E-state index is 0.0319. The van der Waals surface area contributed by atoms with Crippen LogP contribution in [0.3, 0.4) is 0 Å². The number of piperazine rings is 1. The molecule has 2 fully saturated rings. The highest BCUT2D eigenvalue weighted by Crippen LogP contribution is 2.18. The lowest BCUT2D eigenvalue weighted by Gasteiger charge is -2.39. The van der Waals surface area contributed by atoms with Gasteiger partial charge in [-0.05, 0) is 37.1 Å². The molecule has 0 saturated carbocycles. The largest absolute Gasteiger partial charge is 0.354 e. The molecule has 0 radical (unpaired) electrons. The topological polar surface area (TPSA) is 140 Å². The predicted molar refractivity (Wildman–Crippen MR) is 107 cm³/mol. The molecular formula is C19H23N5O5S. The Bertz CT molecular complexity index is 986. The van der Waals surface area contributed by atoms with Crippen LogP contribution in [0.25, 0.3) is 0 Å². The van der Waals surface area contributed by atoms with Crippen LogP contribution in [0.4, 0.5) is 0 Å². The molecule has 2 atom stereocenters. The number of benzene rings is 1. The molecule has 2 heterocycles. The van der Waals surface area contributed by atoms with Gasteiger partial charge >= 0.3 is 0 Å². The van der Waals surface area contributed by atoms with E-state index in [1.165, 1.54) is 29.2 Å². The number of hydrogen-bond acceptors (Lipinski definition) is 6. The Morgan fingerprint density at radius 3 is 2.53 bits per heavy atom. The van der Waals surface area contributed by atoms with Crippen LogP contribution < -0.4 is 10.6 Å². The van der Waals surface area contributed by atoms with E-state index in [4.69, 9.17) is 5.26 Å². The second-order valence-electron chi connectivity index (χ2n) is 7.32. The summed E-state index contributed by atoms with van der Waals surface area (Å²) in [5.41, 5.74) is 0.754. The monoisotopic (exact) mass is 433 g/mol. The maximum atomic E-state index is 12.9. The number of nitrogens with zero attached hydrogens (tertiary/aromatic N) is 3. The summed E-state index contributed by atoms with van der Waals surface area (Å²) < 4.78 is 25.5. The highest BCUT2D eigenvalue weighted by molar-refractivity contribution is 7.88. The van der Waals surface area contributed by atoms with Gasteiger partial charge < -0.3 is 15.5 Å². The Morgan fingerprint density at radius 1 is 1.23 bits per heavy atom. The van der Waals surface area contributed by atoms with E-state index in [1.54, 1.807) is 0 Å². The average Bonchev–Trinajstić information content (AvgIpc) is 2.73. The smallest absolute Gasteiger partial charge is 0.253 e. The fraction of sp³-hybridized carbons (Fsp3) is 0.474. The lowest BCUT2D eigenvalue weighted by molar-refractivity contribution is -0.132. The van der Waals surface area contributed by atoms with E-state index < -0.39 is 28.0 Å². The van der Waals surface area contributed by atoms with E-state index in [1.807, 2.05) is 6.07 Å². The maximum absolute atomic E-state index is 12.9. The number of nitrogens with one attached hydrogen (secondary N) is 2. The van der Waals surface area contributed by atoms with Crippen molar-refractivity contribution in [1.29, 1.82) is 5.26 Å². The maximum Gasteiger partial charge on any atom is 0.253 e. The van der Waals surface area contributed by atoms with Gasteiger partial charge in [0.15, 0.2) is 0 Å². The molecule has 0 spiro atoms. The molecule has 2 aliphatic rings. The van der Waals surface area contributed by atoms with Gasteiger partial charge in [-0.15, -0.1) is 0 Å². The molecule has 0 aliphatic carbocycles. The Morgan fingerprint density at radius 2 is 1.93 bits per heavy atom.